The first-order valence-electron chi connectivity index (χ1n) is 9.92. The number of hydrogen-bond donors (Lipinski definition) is 4. The summed E-state index contributed by atoms with van der Waals surface area (Å²) >= 11 is 0. The molecule has 4 N–H and O–H groups in total. The summed E-state index contributed by atoms with van der Waals surface area (Å²) in [4.78, 5) is 8.11. The second kappa shape index (κ2) is 10.3. The van der Waals surface area contributed by atoms with Crippen molar-refractivity contribution in [3.8, 4) is 0 Å². The molecule has 6 heteroatoms. The Hall–Kier alpha value is -1.28. The van der Waals surface area contributed by atoms with E-state index in [1.165, 1.54) is 28.6 Å². The van der Waals surface area contributed by atoms with Crippen molar-refractivity contribution in [3.63, 3.8) is 0 Å². The van der Waals surface area contributed by atoms with Gasteiger partial charge in [0.05, 0.1) is 12.1 Å². The first kappa shape index (κ1) is 22.0. The van der Waals surface area contributed by atoms with Crippen LogP contribution in [0, 0.1) is 6.92 Å². The number of rotatable bonds is 6. The molecule has 0 bridgehead atoms. The molecule has 150 valence electrons. The third-order valence-electron chi connectivity index (χ3n) is 5.35. The molecule has 0 saturated heterocycles. The Labute approximate surface area is 179 Å². The number of aliphatic imine (C=N–C) groups is 1. The Morgan fingerprint density at radius 1 is 1.19 bits per heavy atom. The Kier molecular flexibility index (Phi) is 8.41. The van der Waals surface area contributed by atoms with Gasteiger partial charge in [-0.3, -0.25) is 4.99 Å². The molecule has 0 amide bonds. The summed E-state index contributed by atoms with van der Waals surface area (Å²) in [6.07, 6.45) is 6.11. The van der Waals surface area contributed by atoms with Gasteiger partial charge in [0.1, 0.15) is 0 Å². The van der Waals surface area contributed by atoms with Gasteiger partial charge in [-0.25, -0.2) is 0 Å². The van der Waals surface area contributed by atoms with Crippen LogP contribution in [0.5, 0.6) is 0 Å². The van der Waals surface area contributed by atoms with E-state index in [9.17, 15) is 5.11 Å². The minimum Gasteiger partial charge on any atom is -0.388 e. The van der Waals surface area contributed by atoms with Crippen molar-refractivity contribution in [3.05, 3.63) is 35.5 Å². The quantitative estimate of drug-likeness (QED) is 0.286. The van der Waals surface area contributed by atoms with Crippen molar-refractivity contribution in [2.24, 2.45) is 4.99 Å². The van der Waals surface area contributed by atoms with E-state index in [-0.39, 0.29) is 24.0 Å². The first-order valence-corrected chi connectivity index (χ1v) is 9.92. The highest BCUT2D eigenvalue weighted by atomic mass is 127. The van der Waals surface area contributed by atoms with Crippen LogP contribution in [0.2, 0.25) is 0 Å². The zero-order valence-corrected chi connectivity index (χ0v) is 18.8. The fraction of sp³-hybridized carbons (Fsp3) is 0.571. The van der Waals surface area contributed by atoms with Crippen LogP contribution in [0.25, 0.3) is 10.9 Å². The normalized spacial score (nSPS) is 16.8. The van der Waals surface area contributed by atoms with Gasteiger partial charge in [-0.15, -0.1) is 24.0 Å². The zero-order chi connectivity index (χ0) is 18.4. The van der Waals surface area contributed by atoms with Gasteiger partial charge in [-0.1, -0.05) is 37.5 Å². The number of fused-ring (bicyclic) bond motifs is 1. The van der Waals surface area contributed by atoms with Crippen molar-refractivity contribution < 1.29 is 5.11 Å². The Morgan fingerprint density at radius 2 is 1.93 bits per heavy atom. The van der Waals surface area contributed by atoms with Gasteiger partial charge < -0.3 is 20.7 Å². The van der Waals surface area contributed by atoms with Crippen LogP contribution in [0.4, 0.5) is 0 Å². The van der Waals surface area contributed by atoms with Crippen molar-refractivity contribution in [1.82, 2.24) is 15.6 Å². The number of hydrogen-bond acceptors (Lipinski definition) is 2. The van der Waals surface area contributed by atoms with Crippen LogP contribution in [-0.4, -0.2) is 41.3 Å². The van der Waals surface area contributed by atoms with E-state index in [1.54, 1.807) is 0 Å². The van der Waals surface area contributed by atoms with E-state index in [2.05, 4.69) is 58.7 Å². The molecule has 1 aromatic heterocycles. The fourth-order valence-corrected chi connectivity index (χ4v) is 3.90. The molecular weight excluding hydrogens is 451 g/mol. The molecule has 5 nitrogen and oxygen atoms in total. The molecule has 0 unspecified atom stereocenters. The van der Waals surface area contributed by atoms with E-state index in [0.717, 1.165) is 51.2 Å². The number of aromatic nitrogens is 1. The lowest BCUT2D eigenvalue weighted by Gasteiger charge is -2.30. The summed E-state index contributed by atoms with van der Waals surface area (Å²) in [5, 5.41) is 18.7. The third-order valence-corrected chi connectivity index (χ3v) is 5.35. The van der Waals surface area contributed by atoms with Crippen molar-refractivity contribution in [2.45, 2.75) is 58.0 Å². The van der Waals surface area contributed by atoms with Crippen LogP contribution < -0.4 is 10.6 Å². The van der Waals surface area contributed by atoms with Crippen molar-refractivity contribution >= 4 is 40.8 Å². The average molecular weight is 484 g/mol. The van der Waals surface area contributed by atoms with Crippen LogP contribution >= 0.6 is 24.0 Å². The number of benzene rings is 1. The monoisotopic (exact) mass is 484 g/mol. The van der Waals surface area contributed by atoms with Gasteiger partial charge in [-0.2, -0.15) is 0 Å². The number of para-hydroxylation sites is 1. The highest BCUT2D eigenvalue weighted by Gasteiger charge is 2.28. The SMILES string of the molecule is CCNC(=NCC1(O)CCCCC1)NCCc1c(C)[nH]c2ccccc12.I. The molecule has 27 heavy (non-hydrogen) atoms. The highest BCUT2D eigenvalue weighted by molar-refractivity contribution is 14.0. The Morgan fingerprint density at radius 3 is 2.67 bits per heavy atom. The molecule has 1 aromatic carbocycles. The number of aromatic amines is 1. The van der Waals surface area contributed by atoms with Gasteiger partial charge in [0, 0.05) is 29.7 Å². The number of nitrogens with zero attached hydrogens (tertiary/aromatic N) is 1. The molecule has 2 aromatic rings. The first-order chi connectivity index (χ1) is 12.6. The van der Waals surface area contributed by atoms with E-state index in [4.69, 9.17) is 0 Å². The molecule has 0 atom stereocenters. The number of aryl methyl sites for hydroxylation is 1. The summed E-state index contributed by atoms with van der Waals surface area (Å²) < 4.78 is 0. The van der Waals surface area contributed by atoms with E-state index in [1.807, 2.05) is 0 Å². The van der Waals surface area contributed by atoms with Crippen LogP contribution in [0.3, 0.4) is 0 Å². The summed E-state index contributed by atoms with van der Waals surface area (Å²) in [7, 11) is 0. The molecule has 1 saturated carbocycles. The lowest BCUT2D eigenvalue weighted by molar-refractivity contribution is 0.0131. The van der Waals surface area contributed by atoms with E-state index < -0.39 is 5.60 Å². The van der Waals surface area contributed by atoms with Gasteiger partial charge in [-0.05, 0) is 44.7 Å². The number of guanidine groups is 1. The molecular formula is C21H33IN4O. The predicted molar refractivity (Wildman–Crippen MR) is 124 cm³/mol. The largest absolute Gasteiger partial charge is 0.388 e. The standard InChI is InChI=1S/C21H32N4O.HI/c1-3-22-20(24-15-21(26)12-7-4-8-13-21)23-14-11-17-16(2)25-19-10-6-5-9-18(17)19;/h5-6,9-10,25-26H,3-4,7-8,11-15H2,1-2H3,(H2,22,23,24);1H. The topological polar surface area (TPSA) is 72.4 Å². The summed E-state index contributed by atoms with van der Waals surface area (Å²) in [6, 6.07) is 8.44. The van der Waals surface area contributed by atoms with Gasteiger partial charge in [0.2, 0.25) is 0 Å². The molecule has 1 heterocycles. The molecule has 1 aliphatic rings. The maximum absolute atomic E-state index is 10.7. The fourth-order valence-electron chi connectivity index (χ4n) is 3.90. The lowest BCUT2D eigenvalue weighted by Crippen LogP contribution is -2.41. The maximum Gasteiger partial charge on any atom is 0.191 e. The minimum absolute atomic E-state index is 0. The summed E-state index contributed by atoms with van der Waals surface area (Å²) in [6.45, 7) is 6.31. The Bertz CT molecular complexity index is 750. The lowest BCUT2D eigenvalue weighted by atomic mass is 9.85. The van der Waals surface area contributed by atoms with Crippen molar-refractivity contribution in [2.75, 3.05) is 19.6 Å². The molecule has 1 aliphatic carbocycles. The summed E-state index contributed by atoms with van der Waals surface area (Å²) in [5.41, 5.74) is 3.16. The van der Waals surface area contributed by atoms with Crippen LogP contribution in [0.15, 0.2) is 29.3 Å². The maximum atomic E-state index is 10.7. The van der Waals surface area contributed by atoms with Gasteiger partial charge in [0.25, 0.3) is 0 Å². The van der Waals surface area contributed by atoms with Gasteiger partial charge >= 0.3 is 0 Å². The van der Waals surface area contributed by atoms with Crippen LogP contribution in [-0.2, 0) is 6.42 Å². The second-order valence-corrected chi connectivity index (χ2v) is 7.43. The molecule has 1 fully saturated rings. The number of halogens is 1. The van der Waals surface area contributed by atoms with E-state index >= 15 is 0 Å². The average Bonchev–Trinajstić information content (AvgIpc) is 2.96. The molecule has 3 rings (SSSR count). The summed E-state index contributed by atoms with van der Waals surface area (Å²) in [5.74, 6) is 0.795. The third kappa shape index (κ3) is 5.85. The number of H-pyrrole nitrogens is 1. The number of aliphatic hydroxyl groups is 1. The molecule has 0 radical (unpaired) electrons. The van der Waals surface area contributed by atoms with Crippen LogP contribution in [0.1, 0.15) is 50.3 Å². The zero-order valence-electron chi connectivity index (χ0n) is 16.5. The minimum atomic E-state index is -0.617. The molecule has 0 aliphatic heterocycles. The smallest absolute Gasteiger partial charge is 0.191 e. The number of nitrogens with one attached hydrogen (secondary N) is 3. The van der Waals surface area contributed by atoms with Crippen molar-refractivity contribution in [1.29, 1.82) is 0 Å². The Balaban J connectivity index is 0.00000261. The molecule has 0 spiro atoms. The van der Waals surface area contributed by atoms with E-state index in [0.29, 0.717) is 6.54 Å². The highest BCUT2D eigenvalue weighted by Crippen LogP contribution is 2.28. The second-order valence-electron chi connectivity index (χ2n) is 7.43. The predicted octanol–water partition coefficient (Wildman–Crippen LogP) is 3.89. The van der Waals surface area contributed by atoms with Gasteiger partial charge in [0.15, 0.2) is 5.96 Å².